The van der Waals surface area contributed by atoms with Crippen molar-refractivity contribution in [3.05, 3.63) is 29.6 Å². The van der Waals surface area contributed by atoms with Gasteiger partial charge in [0.05, 0.1) is 10.5 Å². The molecule has 2 rings (SSSR count). The second kappa shape index (κ2) is 5.90. The van der Waals surface area contributed by atoms with Crippen molar-refractivity contribution in [2.24, 2.45) is 5.92 Å². The lowest BCUT2D eigenvalue weighted by Gasteiger charge is -2.11. The lowest BCUT2D eigenvalue weighted by Crippen LogP contribution is -2.29. The monoisotopic (exact) mass is 300 g/mol. The average Bonchev–Trinajstić information content (AvgIpc) is 2.90. The highest BCUT2D eigenvalue weighted by molar-refractivity contribution is 7.99. The zero-order valence-electron chi connectivity index (χ0n) is 10.1. The Balaban J connectivity index is 2.12. The Morgan fingerprint density at radius 1 is 1.53 bits per heavy atom. The summed E-state index contributed by atoms with van der Waals surface area (Å²) in [7, 11) is -3.67. The number of nitrogens with zero attached hydrogens (tertiary/aromatic N) is 1. The fourth-order valence-corrected chi connectivity index (χ4v) is 4.24. The van der Waals surface area contributed by atoms with E-state index in [2.05, 4.69) is 4.72 Å². The van der Waals surface area contributed by atoms with Gasteiger partial charge in [0.15, 0.2) is 0 Å². The molecule has 0 aliphatic carbocycles. The molecule has 1 aromatic rings. The smallest absolute Gasteiger partial charge is 0.211 e. The van der Waals surface area contributed by atoms with Gasteiger partial charge in [0.25, 0.3) is 0 Å². The van der Waals surface area contributed by atoms with Gasteiger partial charge in [-0.15, -0.1) is 0 Å². The molecule has 1 unspecified atom stereocenters. The van der Waals surface area contributed by atoms with Crippen LogP contribution in [0.4, 0.5) is 4.39 Å². The summed E-state index contributed by atoms with van der Waals surface area (Å²) in [4.78, 5) is -0.0731. The van der Waals surface area contributed by atoms with Crippen LogP contribution in [0.3, 0.4) is 0 Å². The van der Waals surface area contributed by atoms with Crippen LogP contribution in [0.5, 0.6) is 0 Å². The first kappa shape index (κ1) is 14.3. The summed E-state index contributed by atoms with van der Waals surface area (Å²) in [6.07, 6.45) is 1.00. The fourth-order valence-electron chi connectivity index (χ4n) is 1.81. The summed E-state index contributed by atoms with van der Waals surface area (Å²) in [5.41, 5.74) is -0.265. The highest BCUT2D eigenvalue weighted by Gasteiger charge is 2.20. The van der Waals surface area contributed by atoms with Crippen LogP contribution < -0.4 is 4.72 Å². The molecule has 19 heavy (non-hydrogen) atoms. The fraction of sp³-hybridized carbons (Fsp3) is 0.417. The quantitative estimate of drug-likeness (QED) is 0.919. The summed E-state index contributed by atoms with van der Waals surface area (Å²) in [5, 5.41) is 8.70. The highest BCUT2D eigenvalue weighted by atomic mass is 32.2. The van der Waals surface area contributed by atoms with E-state index in [0.29, 0.717) is 12.5 Å². The van der Waals surface area contributed by atoms with Crippen LogP contribution >= 0.6 is 11.8 Å². The van der Waals surface area contributed by atoms with E-state index >= 15 is 0 Å². The largest absolute Gasteiger partial charge is 0.240 e. The molecule has 0 saturated carbocycles. The molecule has 102 valence electrons. The number of benzene rings is 1. The van der Waals surface area contributed by atoms with Crippen LogP contribution in [-0.4, -0.2) is 26.5 Å². The van der Waals surface area contributed by atoms with Crippen molar-refractivity contribution in [3.8, 4) is 6.07 Å². The molecule has 1 heterocycles. The predicted octanol–water partition coefficient (Wildman–Crippen LogP) is 1.73. The first-order chi connectivity index (χ1) is 9.03. The maximum absolute atomic E-state index is 13.1. The van der Waals surface area contributed by atoms with E-state index in [0.717, 1.165) is 30.1 Å². The van der Waals surface area contributed by atoms with Crippen LogP contribution in [0, 0.1) is 23.1 Å². The Bertz CT molecular complexity index is 605. The zero-order chi connectivity index (χ0) is 13.9. The van der Waals surface area contributed by atoms with Crippen LogP contribution in [0.15, 0.2) is 23.1 Å². The number of sulfonamides is 1. The molecule has 0 radical (unpaired) electrons. The van der Waals surface area contributed by atoms with Crippen LogP contribution in [0.1, 0.15) is 12.0 Å². The van der Waals surface area contributed by atoms with Gasteiger partial charge in [-0.05, 0) is 42.0 Å². The number of nitrogens with one attached hydrogen (secondary N) is 1. The van der Waals surface area contributed by atoms with Crippen LogP contribution in [-0.2, 0) is 10.0 Å². The highest BCUT2D eigenvalue weighted by Crippen LogP contribution is 2.23. The molecule has 1 aliphatic rings. The third-order valence-electron chi connectivity index (χ3n) is 2.95. The van der Waals surface area contributed by atoms with Gasteiger partial charge in [0.2, 0.25) is 10.0 Å². The predicted molar refractivity (Wildman–Crippen MR) is 71.7 cm³/mol. The zero-order valence-corrected chi connectivity index (χ0v) is 11.7. The molecule has 0 aromatic heterocycles. The second-order valence-corrected chi connectivity index (χ2v) is 7.25. The molecule has 1 aliphatic heterocycles. The van der Waals surface area contributed by atoms with Gasteiger partial charge in [-0.1, -0.05) is 0 Å². The van der Waals surface area contributed by atoms with Crippen molar-refractivity contribution in [1.82, 2.24) is 4.72 Å². The van der Waals surface area contributed by atoms with E-state index in [4.69, 9.17) is 5.26 Å². The molecule has 1 saturated heterocycles. The Labute approximate surface area is 116 Å². The first-order valence-corrected chi connectivity index (χ1v) is 8.44. The topological polar surface area (TPSA) is 70.0 Å². The van der Waals surface area contributed by atoms with E-state index in [1.807, 2.05) is 11.8 Å². The maximum atomic E-state index is 13.1. The molecule has 4 nitrogen and oxygen atoms in total. The van der Waals surface area contributed by atoms with Gasteiger partial charge in [-0.3, -0.25) is 0 Å². The minimum atomic E-state index is -3.67. The Morgan fingerprint density at radius 3 is 2.95 bits per heavy atom. The van der Waals surface area contributed by atoms with Gasteiger partial charge in [0.1, 0.15) is 11.9 Å². The van der Waals surface area contributed by atoms with Gasteiger partial charge in [-0.25, -0.2) is 17.5 Å². The lowest BCUT2D eigenvalue weighted by molar-refractivity contribution is 0.545. The van der Waals surface area contributed by atoms with Gasteiger partial charge in [-0.2, -0.15) is 17.0 Å². The standard InChI is InChI=1S/C12H13FN2O2S2/c13-12-2-1-11(5-10(12)6-14)19(16,17)15-7-9-3-4-18-8-9/h1-2,5,9,15H,3-4,7-8H2. The van der Waals surface area contributed by atoms with Gasteiger partial charge < -0.3 is 0 Å². The van der Waals surface area contributed by atoms with Crippen LogP contribution in [0.25, 0.3) is 0 Å². The van der Waals surface area contributed by atoms with E-state index in [-0.39, 0.29) is 10.5 Å². The maximum Gasteiger partial charge on any atom is 0.240 e. The van der Waals surface area contributed by atoms with E-state index in [9.17, 15) is 12.8 Å². The van der Waals surface area contributed by atoms with Gasteiger partial charge in [0, 0.05) is 6.54 Å². The Kier molecular flexibility index (Phi) is 4.45. The molecule has 7 heteroatoms. The number of hydrogen-bond donors (Lipinski definition) is 1. The van der Waals surface area contributed by atoms with Crippen molar-refractivity contribution in [3.63, 3.8) is 0 Å². The van der Waals surface area contributed by atoms with E-state index in [1.165, 1.54) is 6.07 Å². The van der Waals surface area contributed by atoms with Crippen molar-refractivity contribution in [2.75, 3.05) is 18.1 Å². The number of nitriles is 1. The van der Waals surface area contributed by atoms with Gasteiger partial charge >= 0.3 is 0 Å². The molecule has 0 spiro atoms. The normalized spacial score (nSPS) is 19.3. The minimum Gasteiger partial charge on any atom is -0.211 e. The van der Waals surface area contributed by atoms with Crippen LogP contribution in [0.2, 0.25) is 0 Å². The van der Waals surface area contributed by atoms with Crippen molar-refractivity contribution >= 4 is 21.8 Å². The summed E-state index contributed by atoms with van der Waals surface area (Å²) in [5.74, 6) is 1.64. The molecular formula is C12H13FN2O2S2. The average molecular weight is 300 g/mol. The molecular weight excluding hydrogens is 287 g/mol. The lowest BCUT2D eigenvalue weighted by atomic mass is 10.1. The Morgan fingerprint density at radius 2 is 2.32 bits per heavy atom. The third kappa shape index (κ3) is 3.47. The summed E-state index contributed by atoms with van der Waals surface area (Å²) in [6.45, 7) is 0.384. The molecule has 1 atom stereocenters. The number of hydrogen-bond acceptors (Lipinski definition) is 4. The number of halogens is 1. The molecule has 1 N–H and O–H groups in total. The molecule has 0 bridgehead atoms. The summed E-state index contributed by atoms with van der Waals surface area (Å²) >= 11 is 1.81. The minimum absolute atomic E-state index is 0.0731. The van der Waals surface area contributed by atoms with Crippen molar-refractivity contribution < 1.29 is 12.8 Å². The van der Waals surface area contributed by atoms with E-state index in [1.54, 1.807) is 6.07 Å². The third-order valence-corrected chi connectivity index (χ3v) is 5.61. The second-order valence-electron chi connectivity index (χ2n) is 4.33. The summed E-state index contributed by atoms with van der Waals surface area (Å²) in [6, 6.07) is 4.86. The van der Waals surface area contributed by atoms with Crippen molar-refractivity contribution in [1.29, 1.82) is 5.26 Å². The SMILES string of the molecule is N#Cc1cc(S(=O)(=O)NCC2CCSC2)ccc1F. The number of rotatable bonds is 4. The van der Waals surface area contributed by atoms with Crippen molar-refractivity contribution in [2.45, 2.75) is 11.3 Å². The summed E-state index contributed by atoms with van der Waals surface area (Å²) < 4.78 is 39.7. The Hall–Kier alpha value is -1.10. The number of thioether (sulfide) groups is 1. The molecule has 0 amide bonds. The molecule has 1 fully saturated rings. The van der Waals surface area contributed by atoms with E-state index < -0.39 is 15.8 Å². The molecule has 1 aromatic carbocycles. The first-order valence-electron chi connectivity index (χ1n) is 5.80.